The molecule has 2 rings (SSSR count). The van der Waals surface area contributed by atoms with Gasteiger partial charge in [0.1, 0.15) is 23.1 Å². The third kappa shape index (κ3) is 5.73. The molecule has 2 aromatic carbocycles. The summed E-state index contributed by atoms with van der Waals surface area (Å²) in [6.07, 6.45) is 0.757. The highest BCUT2D eigenvalue weighted by atomic mass is 32.2. The maximum Gasteiger partial charge on any atom is 0.225 e. The van der Waals surface area contributed by atoms with Gasteiger partial charge in [0, 0.05) is 25.1 Å². The molecule has 6 nitrogen and oxygen atoms in total. The number of hydrogen-bond acceptors (Lipinski definition) is 4. The zero-order valence-electron chi connectivity index (χ0n) is 14.9. The van der Waals surface area contributed by atoms with Gasteiger partial charge in [0.2, 0.25) is 15.9 Å². The lowest BCUT2D eigenvalue weighted by Crippen LogP contribution is -2.32. The SMILES string of the molecule is COc1ccccc1CN(CCC(=O)Nc1c(F)cccc1F)S(C)(=O)=O. The average molecular weight is 398 g/mol. The van der Waals surface area contributed by atoms with Crippen molar-refractivity contribution >= 4 is 21.6 Å². The Labute approximate surface area is 156 Å². The Hall–Kier alpha value is -2.52. The average Bonchev–Trinajstić information content (AvgIpc) is 2.61. The van der Waals surface area contributed by atoms with Gasteiger partial charge < -0.3 is 10.1 Å². The fourth-order valence-electron chi connectivity index (χ4n) is 2.43. The number of ether oxygens (including phenoxy) is 1. The van der Waals surface area contributed by atoms with Crippen molar-refractivity contribution in [3.05, 3.63) is 59.7 Å². The van der Waals surface area contributed by atoms with Gasteiger partial charge in [-0.25, -0.2) is 17.2 Å². The molecule has 146 valence electrons. The van der Waals surface area contributed by atoms with E-state index in [4.69, 9.17) is 4.74 Å². The molecule has 0 radical (unpaired) electrons. The first kappa shape index (κ1) is 20.8. The number of carbonyl (C=O) groups excluding carboxylic acids is 1. The Bertz CT molecular complexity index is 899. The second kappa shape index (κ2) is 8.92. The normalized spacial score (nSPS) is 11.4. The highest BCUT2D eigenvalue weighted by molar-refractivity contribution is 7.88. The summed E-state index contributed by atoms with van der Waals surface area (Å²) >= 11 is 0. The molecular weight excluding hydrogens is 378 g/mol. The van der Waals surface area contributed by atoms with Gasteiger partial charge in [0.15, 0.2) is 0 Å². The predicted octanol–water partition coefficient (Wildman–Crippen LogP) is 2.76. The van der Waals surface area contributed by atoms with Crippen LogP contribution in [0.2, 0.25) is 0 Å². The van der Waals surface area contributed by atoms with E-state index >= 15 is 0 Å². The lowest BCUT2D eigenvalue weighted by molar-refractivity contribution is -0.116. The predicted molar refractivity (Wildman–Crippen MR) is 97.9 cm³/mol. The number of carbonyl (C=O) groups is 1. The zero-order valence-corrected chi connectivity index (χ0v) is 15.7. The Morgan fingerprint density at radius 3 is 2.33 bits per heavy atom. The van der Waals surface area contributed by atoms with Crippen molar-refractivity contribution in [2.45, 2.75) is 13.0 Å². The van der Waals surface area contributed by atoms with Crippen LogP contribution in [0.15, 0.2) is 42.5 Å². The molecule has 0 aliphatic heterocycles. The molecule has 0 saturated carbocycles. The molecule has 0 bridgehead atoms. The van der Waals surface area contributed by atoms with Gasteiger partial charge in [-0.05, 0) is 18.2 Å². The second-order valence-electron chi connectivity index (χ2n) is 5.80. The summed E-state index contributed by atoms with van der Waals surface area (Å²) in [5.41, 5.74) is 0.0733. The quantitative estimate of drug-likeness (QED) is 0.742. The standard InChI is InChI=1S/C18H20F2N2O4S/c1-26-16-9-4-3-6-13(16)12-22(27(2,24)25)11-10-17(23)21-18-14(19)7-5-8-15(18)20/h3-9H,10-12H2,1-2H3,(H,21,23). The minimum Gasteiger partial charge on any atom is -0.496 e. The molecule has 1 amide bonds. The van der Waals surface area contributed by atoms with Crippen molar-refractivity contribution in [3.63, 3.8) is 0 Å². The lowest BCUT2D eigenvalue weighted by atomic mass is 10.2. The third-order valence-corrected chi connectivity index (χ3v) is 5.07. The number of hydrogen-bond donors (Lipinski definition) is 1. The van der Waals surface area contributed by atoms with E-state index in [2.05, 4.69) is 5.32 Å². The number of sulfonamides is 1. The molecule has 0 spiro atoms. The highest BCUT2D eigenvalue weighted by Gasteiger charge is 2.20. The topological polar surface area (TPSA) is 75.7 Å². The summed E-state index contributed by atoms with van der Waals surface area (Å²) in [6, 6.07) is 10.1. The van der Waals surface area contributed by atoms with Gasteiger partial charge in [0.05, 0.1) is 13.4 Å². The van der Waals surface area contributed by atoms with Crippen LogP contribution in [0.1, 0.15) is 12.0 Å². The Balaban J connectivity index is 2.08. The number of amides is 1. The number of methoxy groups -OCH3 is 1. The zero-order chi connectivity index (χ0) is 20.0. The van der Waals surface area contributed by atoms with E-state index in [1.807, 2.05) is 0 Å². The summed E-state index contributed by atoms with van der Waals surface area (Å²) in [5, 5.41) is 2.14. The molecule has 1 N–H and O–H groups in total. The van der Waals surface area contributed by atoms with Crippen molar-refractivity contribution in [1.82, 2.24) is 4.31 Å². The van der Waals surface area contributed by atoms with Crippen molar-refractivity contribution in [2.75, 3.05) is 25.2 Å². The number of rotatable bonds is 8. The van der Waals surface area contributed by atoms with Crippen LogP contribution in [0.5, 0.6) is 5.75 Å². The van der Waals surface area contributed by atoms with Crippen LogP contribution in [0.3, 0.4) is 0 Å². The molecule has 9 heteroatoms. The molecule has 0 fully saturated rings. The van der Waals surface area contributed by atoms with Crippen LogP contribution in [-0.2, 0) is 21.4 Å². The molecule has 0 aliphatic carbocycles. The van der Waals surface area contributed by atoms with Crippen molar-refractivity contribution in [1.29, 1.82) is 0 Å². The van der Waals surface area contributed by atoms with E-state index in [0.29, 0.717) is 11.3 Å². The summed E-state index contributed by atoms with van der Waals surface area (Å²) in [4.78, 5) is 12.0. The number of para-hydroxylation sites is 2. The first-order valence-corrected chi connectivity index (χ1v) is 9.88. The molecule has 0 unspecified atom stereocenters. The Morgan fingerprint density at radius 2 is 1.74 bits per heavy atom. The Kier molecular flexibility index (Phi) is 6.86. The fourth-order valence-corrected chi connectivity index (χ4v) is 3.23. The third-order valence-electron chi connectivity index (χ3n) is 3.82. The van der Waals surface area contributed by atoms with Crippen LogP contribution in [0, 0.1) is 11.6 Å². The molecule has 0 aliphatic rings. The molecule has 0 saturated heterocycles. The summed E-state index contributed by atoms with van der Waals surface area (Å²) in [6.45, 7) is -0.150. The first-order chi connectivity index (χ1) is 12.7. The number of nitrogens with zero attached hydrogens (tertiary/aromatic N) is 1. The van der Waals surface area contributed by atoms with Crippen LogP contribution in [-0.4, -0.2) is 38.5 Å². The summed E-state index contributed by atoms with van der Waals surface area (Å²) < 4.78 is 57.6. The van der Waals surface area contributed by atoms with E-state index in [1.54, 1.807) is 24.3 Å². The van der Waals surface area contributed by atoms with E-state index in [0.717, 1.165) is 22.7 Å². The van der Waals surface area contributed by atoms with Crippen LogP contribution in [0.25, 0.3) is 0 Å². The minimum absolute atomic E-state index is 0.00415. The fraction of sp³-hybridized carbons (Fsp3) is 0.278. The monoisotopic (exact) mass is 398 g/mol. The van der Waals surface area contributed by atoms with E-state index in [1.165, 1.54) is 13.2 Å². The van der Waals surface area contributed by atoms with Crippen molar-refractivity contribution in [2.24, 2.45) is 0 Å². The smallest absolute Gasteiger partial charge is 0.225 e. The van der Waals surface area contributed by atoms with E-state index in [-0.39, 0.29) is 19.5 Å². The molecule has 0 atom stereocenters. The lowest BCUT2D eigenvalue weighted by Gasteiger charge is -2.21. The van der Waals surface area contributed by atoms with Crippen molar-refractivity contribution < 1.29 is 26.7 Å². The van der Waals surface area contributed by atoms with E-state index < -0.39 is 33.3 Å². The van der Waals surface area contributed by atoms with Crippen LogP contribution >= 0.6 is 0 Å². The second-order valence-corrected chi connectivity index (χ2v) is 7.79. The maximum absolute atomic E-state index is 13.6. The number of benzene rings is 2. The largest absolute Gasteiger partial charge is 0.496 e. The number of halogens is 2. The summed E-state index contributed by atoms with van der Waals surface area (Å²) in [7, 11) is -2.15. The molecular formula is C18H20F2N2O4S. The van der Waals surface area contributed by atoms with E-state index in [9.17, 15) is 22.0 Å². The number of nitrogens with one attached hydrogen (secondary N) is 1. The minimum atomic E-state index is -3.62. The van der Waals surface area contributed by atoms with Gasteiger partial charge in [-0.15, -0.1) is 0 Å². The maximum atomic E-state index is 13.6. The molecule has 2 aromatic rings. The van der Waals surface area contributed by atoms with Crippen LogP contribution < -0.4 is 10.1 Å². The summed E-state index contributed by atoms with van der Waals surface area (Å²) in [5.74, 6) is -1.99. The first-order valence-electron chi connectivity index (χ1n) is 8.03. The van der Waals surface area contributed by atoms with Crippen LogP contribution in [0.4, 0.5) is 14.5 Å². The molecule has 0 heterocycles. The van der Waals surface area contributed by atoms with Gasteiger partial charge in [-0.3, -0.25) is 4.79 Å². The van der Waals surface area contributed by atoms with Crippen molar-refractivity contribution in [3.8, 4) is 5.75 Å². The van der Waals surface area contributed by atoms with Gasteiger partial charge in [-0.1, -0.05) is 24.3 Å². The molecule has 27 heavy (non-hydrogen) atoms. The number of anilines is 1. The van der Waals surface area contributed by atoms with Gasteiger partial charge >= 0.3 is 0 Å². The van der Waals surface area contributed by atoms with Gasteiger partial charge in [0.25, 0.3) is 0 Å². The highest BCUT2D eigenvalue weighted by Crippen LogP contribution is 2.21. The Morgan fingerprint density at radius 1 is 1.11 bits per heavy atom. The van der Waals surface area contributed by atoms with Gasteiger partial charge in [-0.2, -0.15) is 4.31 Å². The molecule has 0 aromatic heterocycles.